The molecule has 1 atom stereocenters. The number of rotatable bonds is 3. The second-order valence-corrected chi connectivity index (χ2v) is 2.78. The second-order valence-electron chi connectivity index (χ2n) is 2.78. The zero-order chi connectivity index (χ0) is 9.84. The van der Waals surface area contributed by atoms with E-state index < -0.39 is 0 Å². The first-order chi connectivity index (χ1) is 6.19. The van der Waals surface area contributed by atoms with Crippen molar-refractivity contribution in [1.82, 2.24) is 0 Å². The van der Waals surface area contributed by atoms with E-state index >= 15 is 0 Å². The average molecular weight is 175 g/mol. The highest BCUT2D eigenvalue weighted by atomic mass is 16.3. The van der Waals surface area contributed by atoms with E-state index in [1.807, 2.05) is 0 Å². The summed E-state index contributed by atoms with van der Waals surface area (Å²) in [4.78, 5) is 0. The van der Waals surface area contributed by atoms with Crippen LogP contribution in [0.25, 0.3) is 6.08 Å². The molecule has 1 aromatic carbocycles. The van der Waals surface area contributed by atoms with Gasteiger partial charge in [-0.2, -0.15) is 0 Å². The average Bonchev–Trinajstić information content (AvgIpc) is 2.17. The highest BCUT2D eigenvalue weighted by Gasteiger charge is 2.06. The SMILES string of the molecule is C=Cc1ccc(O)c([C@H](N)C=C)c1. The Bertz CT molecular complexity index is 331. The summed E-state index contributed by atoms with van der Waals surface area (Å²) in [5.74, 6) is 0.193. The summed E-state index contributed by atoms with van der Waals surface area (Å²) >= 11 is 0. The molecule has 0 aliphatic carbocycles. The van der Waals surface area contributed by atoms with Crippen LogP contribution in [0.2, 0.25) is 0 Å². The Kier molecular flexibility index (Phi) is 2.88. The fraction of sp³-hybridized carbons (Fsp3) is 0.0909. The van der Waals surface area contributed by atoms with Crippen LogP contribution >= 0.6 is 0 Å². The first-order valence-corrected chi connectivity index (χ1v) is 4.02. The van der Waals surface area contributed by atoms with Gasteiger partial charge in [-0.15, -0.1) is 6.58 Å². The zero-order valence-corrected chi connectivity index (χ0v) is 7.40. The Balaban J connectivity index is 3.17. The molecular weight excluding hydrogens is 162 g/mol. The summed E-state index contributed by atoms with van der Waals surface area (Å²) in [6, 6.07) is 4.85. The van der Waals surface area contributed by atoms with Gasteiger partial charge in [-0.3, -0.25) is 0 Å². The van der Waals surface area contributed by atoms with Gasteiger partial charge in [0.15, 0.2) is 0 Å². The van der Waals surface area contributed by atoms with Crippen molar-refractivity contribution in [2.24, 2.45) is 5.73 Å². The lowest BCUT2D eigenvalue weighted by Gasteiger charge is -2.09. The van der Waals surface area contributed by atoms with Gasteiger partial charge in [0.2, 0.25) is 0 Å². The molecule has 0 amide bonds. The van der Waals surface area contributed by atoms with Crippen LogP contribution < -0.4 is 5.73 Å². The van der Waals surface area contributed by atoms with Crippen molar-refractivity contribution in [2.45, 2.75) is 6.04 Å². The Morgan fingerprint density at radius 1 is 1.38 bits per heavy atom. The van der Waals surface area contributed by atoms with Gasteiger partial charge in [-0.05, 0) is 17.7 Å². The molecule has 2 nitrogen and oxygen atoms in total. The van der Waals surface area contributed by atoms with Crippen molar-refractivity contribution < 1.29 is 5.11 Å². The third kappa shape index (κ3) is 1.98. The predicted molar refractivity (Wildman–Crippen MR) is 55.3 cm³/mol. The lowest BCUT2D eigenvalue weighted by atomic mass is 10.0. The summed E-state index contributed by atoms with van der Waals surface area (Å²) in [7, 11) is 0. The van der Waals surface area contributed by atoms with Gasteiger partial charge in [0, 0.05) is 5.56 Å². The second kappa shape index (κ2) is 3.92. The van der Waals surface area contributed by atoms with E-state index in [-0.39, 0.29) is 11.8 Å². The van der Waals surface area contributed by atoms with E-state index in [0.29, 0.717) is 5.56 Å². The monoisotopic (exact) mass is 175 g/mol. The van der Waals surface area contributed by atoms with Crippen LogP contribution in [0.5, 0.6) is 5.75 Å². The maximum Gasteiger partial charge on any atom is 0.120 e. The van der Waals surface area contributed by atoms with Crippen molar-refractivity contribution in [3.05, 3.63) is 48.6 Å². The lowest BCUT2D eigenvalue weighted by molar-refractivity contribution is 0.466. The number of phenolic OH excluding ortho intramolecular Hbond substituents is 1. The van der Waals surface area contributed by atoms with E-state index in [9.17, 15) is 5.11 Å². The Hall–Kier alpha value is -1.54. The molecule has 0 fully saturated rings. The minimum absolute atomic E-state index is 0.193. The van der Waals surface area contributed by atoms with Crippen LogP contribution in [0.1, 0.15) is 17.2 Å². The highest BCUT2D eigenvalue weighted by Crippen LogP contribution is 2.24. The quantitative estimate of drug-likeness (QED) is 0.692. The summed E-state index contributed by atoms with van der Waals surface area (Å²) < 4.78 is 0. The highest BCUT2D eigenvalue weighted by molar-refractivity contribution is 5.52. The number of hydrogen-bond acceptors (Lipinski definition) is 2. The van der Waals surface area contributed by atoms with Gasteiger partial charge < -0.3 is 10.8 Å². The molecule has 0 bridgehead atoms. The molecular formula is C11H13NO. The third-order valence-corrected chi connectivity index (χ3v) is 1.90. The number of benzene rings is 1. The van der Waals surface area contributed by atoms with Crippen molar-refractivity contribution in [3.8, 4) is 5.75 Å². The molecule has 0 saturated carbocycles. The normalized spacial score (nSPS) is 12.1. The Labute approximate surface area is 78.0 Å². The van der Waals surface area contributed by atoms with E-state index in [2.05, 4.69) is 13.2 Å². The summed E-state index contributed by atoms with van der Waals surface area (Å²) in [6.45, 7) is 7.21. The van der Waals surface area contributed by atoms with Crippen molar-refractivity contribution >= 4 is 6.08 Å². The molecule has 0 aliphatic rings. The maximum absolute atomic E-state index is 9.47. The third-order valence-electron chi connectivity index (χ3n) is 1.90. The summed E-state index contributed by atoms with van der Waals surface area (Å²) in [6.07, 6.45) is 3.29. The lowest BCUT2D eigenvalue weighted by Crippen LogP contribution is -2.06. The molecule has 0 aliphatic heterocycles. The molecule has 0 heterocycles. The minimum Gasteiger partial charge on any atom is -0.508 e. The molecule has 0 unspecified atom stereocenters. The number of nitrogens with two attached hydrogens (primary N) is 1. The van der Waals surface area contributed by atoms with E-state index in [4.69, 9.17) is 5.73 Å². The molecule has 0 radical (unpaired) electrons. The zero-order valence-electron chi connectivity index (χ0n) is 7.40. The van der Waals surface area contributed by atoms with Gasteiger partial charge >= 0.3 is 0 Å². The maximum atomic E-state index is 9.47. The summed E-state index contributed by atoms with van der Waals surface area (Å²) in [5, 5.41) is 9.47. The Morgan fingerprint density at radius 3 is 2.62 bits per heavy atom. The fourth-order valence-electron chi connectivity index (χ4n) is 1.09. The smallest absolute Gasteiger partial charge is 0.120 e. The predicted octanol–water partition coefficient (Wildman–Crippen LogP) is 2.22. The molecule has 2 heteroatoms. The molecule has 3 N–H and O–H groups in total. The Morgan fingerprint density at radius 2 is 2.08 bits per heavy atom. The van der Waals surface area contributed by atoms with Crippen molar-refractivity contribution in [1.29, 1.82) is 0 Å². The van der Waals surface area contributed by atoms with Crippen LogP contribution in [-0.2, 0) is 0 Å². The first kappa shape index (κ1) is 9.55. The molecule has 1 aromatic rings. The summed E-state index contributed by atoms with van der Waals surface area (Å²) in [5.41, 5.74) is 7.32. The van der Waals surface area contributed by atoms with E-state index in [1.54, 1.807) is 30.4 Å². The van der Waals surface area contributed by atoms with Crippen LogP contribution in [0.15, 0.2) is 37.4 Å². The standard InChI is InChI=1S/C11H13NO/c1-3-8-5-6-11(13)9(7-8)10(12)4-2/h3-7,10,13H,1-2,12H2/t10-/m1/s1. The van der Waals surface area contributed by atoms with E-state index in [1.165, 1.54) is 0 Å². The molecule has 0 saturated heterocycles. The van der Waals surface area contributed by atoms with Crippen molar-refractivity contribution in [2.75, 3.05) is 0 Å². The topological polar surface area (TPSA) is 46.2 Å². The van der Waals surface area contributed by atoms with Gasteiger partial charge in [0.25, 0.3) is 0 Å². The van der Waals surface area contributed by atoms with Gasteiger partial charge in [0.1, 0.15) is 5.75 Å². The van der Waals surface area contributed by atoms with E-state index in [0.717, 1.165) is 5.56 Å². The van der Waals surface area contributed by atoms with Crippen molar-refractivity contribution in [3.63, 3.8) is 0 Å². The van der Waals surface area contributed by atoms with Crippen LogP contribution in [0, 0.1) is 0 Å². The van der Waals surface area contributed by atoms with Gasteiger partial charge in [-0.1, -0.05) is 24.8 Å². The molecule has 68 valence electrons. The first-order valence-electron chi connectivity index (χ1n) is 4.02. The number of hydrogen-bond donors (Lipinski definition) is 2. The van der Waals surface area contributed by atoms with Gasteiger partial charge in [-0.25, -0.2) is 0 Å². The largest absolute Gasteiger partial charge is 0.508 e. The minimum atomic E-state index is -0.333. The molecule has 13 heavy (non-hydrogen) atoms. The molecule has 1 rings (SSSR count). The number of aromatic hydroxyl groups is 1. The number of phenols is 1. The fourth-order valence-corrected chi connectivity index (χ4v) is 1.09. The van der Waals surface area contributed by atoms with Crippen LogP contribution in [-0.4, -0.2) is 5.11 Å². The molecule has 0 aromatic heterocycles. The molecule has 0 spiro atoms. The van der Waals surface area contributed by atoms with Crippen LogP contribution in [0.4, 0.5) is 0 Å². The van der Waals surface area contributed by atoms with Gasteiger partial charge in [0.05, 0.1) is 6.04 Å². The van der Waals surface area contributed by atoms with Crippen LogP contribution in [0.3, 0.4) is 0 Å².